The van der Waals surface area contributed by atoms with Crippen molar-refractivity contribution in [3.8, 4) is 0 Å². The van der Waals surface area contributed by atoms with E-state index >= 15 is 0 Å². The smallest absolute Gasteiger partial charge is 0.0738 e. The predicted molar refractivity (Wildman–Crippen MR) is 66.0 cm³/mol. The molecule has 0 aliphatic heterocycles. The quantitative estimate of drug-likeness (QED) is 0.852. The minimum Gasteiger partial charge on any atom is -0.306 e. The molecule has 4 heteroatoms. The Hall–Kier alpha value is -0.900. The summed E-state index contributed by atoms with van der Waals surface area (Å²) in [4.78, 5) is 0. The average molecular weight is 224 g/mol. The zero-order chi connectivity index (χ0) is 12.4. The van der Waals surface area contributed by atoms with Gasteiger partial charge in [0.25, 0.3) is 0 Å². The highest BCUT2D eigenvalue weighted by atomic mass is 15.4. The van der Waals surface area contributed by atoms with Crippen LogP contribution in [-0.2, 0) is 13.6 Å². The summed E-state index contributed by atoms with van der Waals surface area (Å²) in [6.07, 6.45) is 2.94. The number of nitrogens with zero attached hydrogens (tertiary/aromatic N) is 3. The van der Waals surface area contributed by atoms with Crippen molar-refractivity contribution < 1.29 is 0 Å². The van der Waals surface area contributed by atoms with Crippen molar-refractivity contribution in [3.63, 3.8) is 0 Å². The van der Waals surface area contributed by atoms with Gasteiger partial charge >= 0.3 is 0 Å². The van der Waals surface area contributed by atoms with Crippen LogP contribution in [0.25, 0.3) is 0 Å². The Kier molecular flexibility index (Phi) is 3.73. The van der Waals surface area contributed by atoms with E-state index in [0.29, 0.717) is 5.41 Å². The molecule has 1 aromatic heterocycles. The van der Waals surface area contributed by atoms with Gasteiger partial charge in [-0.2, -0.15) is 0 Å². The molecule has 0 bridgehead atoms. The molecule has 1 rings (SSSR count). The summed E-state index contributed by atoms with van der Waals surface area (Å²) in [6.45, 7) is 12.1. The normalized spacial score (nSPS) is 13.1. The molecule has 0 unspecified atom stereocenters. The fourth-order valence-corrected chi connectivity index (χ4v) is 2.19. The summed E-state index contributed by atoms with van der Waals surface area (Å²) in [5.74, 6) is 0. The van der Waals surface area contributed by atoms with Crippen LogP contribution in [0.4, 0.5) is 0 Å². The van der Waals surface area contributed by atoms with Crippen molar-refractivity contribution >= 4 is 0 Å². The van der Waals surface area contributed by atoms with Crippen LogP contribution in [0.2, 0.25) is 0 Å². The molecular weight excluding hydrogens is 200 g/mol. The minimum absolute atomic E-state index is 0.127. The first-order chi connectivity index (χ1) is 7.20. The molecule has 0 fully saturated rings. The molecule has 0 atom stereocenters. The van der Waals surface area contributed by atoms with E-state index in [1.807, 2.05) is 7.05 Å². The summed E-state index contributed by atoms with van der Waals surface area (Å²) in [5, 5.41) is 11.3. The van der Waals surface area contributed by atoms with Crippen molar-refractivity contribution in [2.75, 3.05) is 0 Å². The molecular formula is C12H24N4. The largest absolute Gasteiger partial charge is 0.306 e. The monoisotopic (exact) mass is 224 g/mol. The van der Waals surface area contributed by atoms with Crippen molar-refractivity contribution in [3.05, 3.63) is 11.9 Å². The van der Waals surface area contributed by atoms with Gasteiger partial charge in [-0.1, -0.05) is 26.0 Å². The number of aromatic nitrogens is 3. The first-order valence-electron chi connectivity index (χ1n) is 5.78. The number of hydrogen-bond donors (Lipinski definition) is 1. The van der Waals surface area contributed by atoms with Gasteiger partial charge in [-0.05, 0) is 25.7 Å². The first-order valence-corrected chi connectivity index (χ1v) is 5.78. The molecule has 4 nitrogen and oxygen atoms in total. The van der Waals surface area contributed by atoms with Gasteiger partial charge in [0, 0.05) is 19.1 Å². The summed E-state index contributed by atoms with van der Waals surface area (Å²) >= 11 is 0. The lowest BCUT2D eigenvalue weighted by molar-refractivity contribution is 0.239. The highest BCUT2D eigenvalue weighted by Crippen LogP contribution is 2.26. The van der Waals surface area contributed by atoms with Crippen molar-refractivity contribution in [1.82, 2.24) is 20.3 Å². The van der Waals surface area contributed by atoms with Crippen molar-refractivity contribution in [1.29, 1.82) is 0 Å². The Bertz CT molecular complexity index is 333. The summed E-state index contributed by atoms with van der Waals surface area (Å²) in [5.41, 5.74) is 1.57. The van der Waals surface area contributed by atoms with Gasteiger partial charge in [0.2, 0.25) is 0 Å². The summed E-state index contributed by atoms with van der Waals surface area (Å²) in [6, 6.07) is 0. The predicted octanol–water partition coefficient (Wildman–Crippen LogP) is 2.12. The van der Waals surface area contributed by atoms with Crippen LogP contribution in [0.3, 0.4) is 0 Å². The molecule has 0 spiro atoms. The van der Waals surface area contributed by atoms with E-state index in [1.165, 1.54) is 0 Å². The molecule has 0 aliphatic carbocycles. The Morgan fingerprint density at radius 1 is 1.25 bits per heavy atom. The fourth-order valence-electron chi connectivity index (χ4n) is 2.19. The lowest BCUT2D eigenvalue weighted by Gasteiger charge is -2.33. The molecule has 16 heavy (non-hydrogen) atoms. The third kappa shape index (κ3) is 4.31. The highest BCUT2D eigenvalue weighted by molar-refractivity contribution is 4.95. The number of rotatable bonds is 4. The number of aryl methyl sites for hydroxylation is 1. The molecule has 1 N–H and O–H groups in total. The topological polar surface area (TPSA) is 42.7 Å². The number of hydrogen-bond acceptors (Lipinski definition) is 3. The Morgan fingerprint density at radius 2 is 1.88 bits per heavy atom. The molecule has 0 aromatic carbocycles. The third-order valence-electron chi connectivity index (χ3n) is 2.53. The van der Waals surface area contributed by atoms with E-state index in [2.05, 4.69) is 50.2 Å². The van der Waals surface area contributed by atoms with Gasteiger partial charge in [0.05, 0.1) is 11.9 Å². The highest BCUT2D eigenvalue weighted by Gasteiger charge is 2.24. The third-order valence-corrected chi connectivity index (χ3v) is 2.53. The van der Waals surface area contributed by atoms with E-state index in [1.54, 1.807) is 10.9 Å². The van der Waals surface area contributed by atoms with Gasteiger partial charge in [-0.25, -0.2) is 0 Å². The van der Waals surface area contributed by atoms with Crippen LogP contribution < -0.4 is 5.32 Å². The van der Waals surface area contributed by atoms with E-state index in [9.17, 15) is 0 Å². The zero-order valence-electron chi connectivity index (χ0n) is 11.3. The maximum atomic E-state index is 3.92. The summed E-state index contributed by atoms with van der Waals surface area (Å²) < 4.78 is 1.81. The van der Waals surface area contributed by atoms with Crippen LogP contribution in [0, 0.1) is 5.41 Å². The maximum absolute atomic E-state index is 3.92. The van der Waals surface area contributed by atoms with Crippen molar-refractivity contribution in [2.24, 2.45) is 12.5 Å². The Morgan fingerprint density at radius 3 is 2.31 bits per heavy atom. The van der Waals surface area contributed by atoms with Gasteiger partial charge < -0.3 is 5.32 Å². The van der Waals surface area contributed by atoms with E-state index in [4.69, 9.17) is 0 Å². The van der Waals surface area contributed by atoms with Gasteiger partial charge in [0.1, 0.15) is 0 Å². The molecule has 92 valence electrons. The fraction of sp³-hybridized carbons (Fsp3) is 0.833. The van der Waals surface area contributed by atoms with E-state index in [-0.39, 0.29) is 5.54 Å². The van der Waals surface area contributed by atoms with Crippen LogP contribution in [-0.4, -0.2) is 20.5 Å². The van der Waals surface area contributed by atoms with E-state index < -0.39 is 0 Å². The van der Waals surface area contributed by atoms with Crippen molar-refractivity contribution in [2.45, 2.75) is 53.1 Å². The van der Waals surface area contributed by atoms with Crippen LogP contribution in [0.5, 0.6) is 0 Å². The van der Waals surface area contributed by atoms with Crippen LogP contribution in [0.15, 0.2) is 6.20 Å². The van der Waals surface area contributed by atoms with E-state index in [0.717, 1.165) is 18.7 Å². The standard InChI is InChI=1S/C12H24N4/c1-11(2,3)9-12(4,5)13-7-10-8-14-15-16(10)6/h8,13H,7,9H2,1-6H3. The minimum atomic E-state index is 0.127. The average Bonchev–Trinajstić information content (AvgIpc) is 2.43. The Labute approximate surface area is 98.4 Å². The molecule has 0 radical (unpaired) electrons. The lowest BCUT2D eigenvalue weighted by Crippen LogP contribution is -2.42. The molecule has 0 saturated carbocycles. The maximum Gasteiger partial charge on any atom is 0.0738 e. The summed E-state index contributed by atoms with van der Waals surface area (Å²) in [7, 11) is 1.92. The Balaban J connectivity index is 2.51. The molecule has 1 aromatic rings. The molecule has 0 amide bonds. The lowest BCUT2D eigenvalue weighted by atomic mass is 9.82. The second-order valence-electron chi connectivity index (χ2n) is 6.32. The van der Waals surface area contributed by atoms with Gasteiger partial charge in [-0.15, -0.1) is 5.10 Å². The zero-order valence-corrected chi connectivity index (χ0v) is 11.3. The second kappa shape index (κ2) is 4.53. The first kappa shape index (κ1) is 13.2. The number of nitrogens with one attached hydrogen (secondary N) is 1. The van der Waals surface area contributed by atoms with Crippen LogP contribution >= 0.6 is 0 Å². The molecule has 0 saturated heterocycles. The van der Waals surface area contributed by atoms with Gasteiger partial charge in [0.15, 0.2) is 0 Å². The van der Waals surface area contributed by atoms with Gasteiger partial charge in [-0.3, -0.25) is 4.68 Å². The molecule has 1 heterocycles. The van der Waals surface area contributed by atoms with Crippen LogP contribution in [0.1, 0.15) is 46.7 Å². The SMILES string of the molecule is Cn1nncc1CNC(C)(C)CC(C)(C)C. The molecule has 0 aliphatic rings. The second-order valence-corrected chi connectivity index (χ2v) is 6.32.